The number of aliphatic hydroxyl groups excluding tert-OH is 1. The van der Waals surface area contributed by atoms with Gasteiger partial charge in [-0.1, -0.05) is 6.07 Å². The second kappa shape index (κ2) is 6.01. The maximum atomic E-state index is 11.8. The molecule has 0 aromatic heterocycles. The number of anilines is 2. The van der Waals surface area contributed by atoms with Crippen LogP contribution in [0.15, 0.2) is 18.2 Å². The molecule has 1 unspecified atom stereocenters. The molecule has 6 heteroatoms. The van der Waals surface area contributed by atoms with Crippen LogP contribution in [0.4, 0.5) is 11.4 Å². The normalized spacial score (nSPS) is 22.3. The Morgan fingerprint density at radius 2 is 2.10 bits per heavy atom. The molecule has 21 heavy (non-hydrogen) atoms. The van der Waals surface area contributed by atoms with E-state index in [1.54, 1.807) is 7.05 Å². The molecule has 1 fully saturated rings. The molecule has 2 heterocycles. The van der Waals surface area contributed by atoms with E-state index in [1.165, 1.54) is 0 Å². The third kappa shape index (κ3) is 2.74. The standard InChI is InChI=1S/C15H22N4O2/c1-16-14-12-3-2-11(10-13(12)17-15(14)21)19-6-4-18(5-7-19)8-9-20/h2-3,10,14,16,20H,4-9H2,1H3,(H,17,21). The number of carbonyl (C=O) groups excluding carboxylic acids is 1. The minimum absolute atomic E-state index is 0.0115. The van der Waals surface area contributed by atoms with Crippen LogP contribution in [0.3, 0.4) is 0 Å². The number of amides is 1. The van der Waals surface area contributed by atoms with Gasteiger partial charge in [0.15, 0.2) is 0 Å². The number of hydrogen-bond donors (Lipinski definition) is 3. The summed E-state index contributed by atoms with van der Waals surface area (Å²) in [6, 6.07) is 5.94. The van der Waals surface area contributed by atoms with Crippen molar-refractivity contribution in [2.75, 3.05) is 56.6 Å². The van der Waals surface area contributed by atoms with Crippen molar-refractivity contribution in [1.29, 1.82) is 0 Å². The van der Waals surface area contributed by atoms with E-state index < -0.39 is 0 Å². The number of rotatable bonds is 4. The summed E-state index contributed by atoms with van der Waals surface area (Å²) in [4.78, 5) is 16.4. The first-order valence-electron chi connectivity index (χ1n) is 7.43. The van der Waals surface area contributed by atoms with E-state index in [4.69, 9.17) is 5.11 Å². The first-order valence-corrected chi connectivity index (χ1v) is 7.43. The number of aliphatic hydroxyl groups is 1. The van der Waals surface area contributed by atoms with E-state index >= 15 is 0 Å². The molecule has 1 saturated heterocycles. The highest BCUT2D eigenvalue weighted by atomic mass is 16.3. The van der Waals surface area contributed by atoms with E-state index in [-0.39, 0.29) is 18.6 Å². The van der Waals surface area contributed by atoms with Gasteiger partial charge in [-0.25, -0.2) is 0 Å². The smallest absolute Gasteiger partial charge is 0.246 e. The fraction of sp³-hybridized carbons (Fsp3) is 0.533. The Labute approximate surface area is 124 Å². The highest BCUT2D eigenvalue weighted by molar-refractivity contribution is 6.03. The summed E-state index contributed by atoms with van der Waals surface area (Å²) in [7, 11) is 1.80. The molecule has 2 aliphatic rings. The molecule has 2 aliphatic heterocycles. The number of β-amino-alcohol motifs (C(OH)–C–C–N with tert-alkyl or cyclic N) is 1. The summed E-state index contributed by atoms with van der Waals surface area (Å²) in [5.74, 6) is 0.0115. The maximum Gasteiger partial charge on any atom is 0.246 e. The third-order valence-electron chi connectivity index (χ3n) is 4.31. The largest absolute Gasteiger partial charge is 0.395 e. The van der Waals surface area contributed by atoms with Gasteiger partial charge >= 0.3 is 0 Å². The van der Waals surface area contributed by atoms with Gasteiger partial charge in [0.1, 0.15) is 6.04 Å². The number of piperazine rings is 1. The van der Waals surface area contributed by atoms with Crippen LogP contribution in [-0.2, 0) is 4.79 Å². The lowest BCUT2D eigenvalue weighted by atomic mass is 10.1. The SMILES string of the molecule is CNC1C(=O)Nc2cc(N3CCN(CCO)CC3)ccc21. The topological polar surface area (TPSA) is 67.8 Å². The quantitative estimate of drug-likeness (QED) is 0.729. The van der Waals surface area contributed by atoms with Gasteiger partial charge in [0, 0.05) is 49.7 Å². The van der Waals surface area contributed by atoms with E-state index in [9.17, 15) is 4.79 Å². The Hall–Kier alpha value is -1.63. The molecule has 0 aliphatic carbocycles. The van der Waals surface area contributed by atoms with Gasteiger partial charge in [-0.3, -0.25) is 9.69 Å². The number of carbonyl (C=O) groups is 1. The molecule has 0 radical (unpaired) electrons. The van der Waals surface area contributed by atoms with Gasteiger partial charge in [0.25, 0.3) is 0 Å². The summed E-state index contributed by atoms with van der Waals surface area (Å²) in [6.45, 7) is 4.78. The van der Waals surface area contributed by atoms with E-state index in [1.807, 2.05) is 6.07 Å². The van der Waals surface area contributed by atoms with Gasteiger partial charge in [-0.15, -0.1) is 0 Å². The summed E-state index contributed by atoms with van der Waals surface area (Å²) >= 11 is 0. The van der Waals surface area contributed by atoms with E-state index in [0.717, 1.165) is 49.7 Å². The first-order chi connectivity index (χ1) is 10.2. The average molecular weight is 290 g/mol. The van der Waals surface area contributed by atoms with Crippen molar-refractivity contribution >= 4 is 17.3 Å². The number of nitrogens with one attached hydrogen (secondary N) is 2. The molecule has 1 aromatic carbocycles. The van der Waals surface area contributed by atoms with Crippen molar-refractivity contribution in [3.8, 4) is 0 Å². The molecule has 114 valence electrons. The summed E-state index contributed by atoms with van der Waals surface area (Å²) in [5, 5.41) is 14.9. The number of hydrogen-bond acceptors (Lipinski definition) is 5. The Kier molecular flexibility index (Phi) is 4.10. The van der Waals surface area contributed by atoms with Crippen molar-refractivity contribution in [1.82, 2.24) is 10.2 Å². The zero-order chi connectivity index (χ0) is 14.8. The number of benzene rings is 1. The first kappa shape index (κ1) is 14.3. The van der Waals surface area contributed by atoms with Crippen molar-refractivity contribution in [2.24, 2.45) is 0 Å². The highest BCUT2D eigenvalue weighted by Crippen LogP contribution is 2.34. The molecule has 1 aromatic rings. The van der Waals surface area contributed by atoms with Crippen LogP contribution in [0.25, 0.3) is 0 Å². The molecule has 1 amide bonds. The molecule has 1 atom stereocenters. The minimum Gasteiger partial charge on any atom is -0.395 e. The number of fused-ring (bicyclic) bond motifs is 1. The molecular weight excluding hydrogens is 268 g/mol. The highest BCUT2D eigenvalue weighted by Gasteiger charge is 2.29. The van der Waals surface area contributed by atoms with Gasteiger partial charge in [-0.05, 0) is 19.2 Å². The van der Waals surface area contributed by atoms with Crippen LogP contribution >= 0.6 is 0 Å². The van der Waals surface area contributed by atoms with Gasteiger partial charge < -0.3 is 20.6 Å². The molecule has 6 nitrogen and oxygen atoms in total. The van der Waals surface area contributed by atoms with Gasteiger partial charge in [0.05, 0.1) is 6.61 Å². The van der Waals surface area contributed by atoms with Gasteiger partial charge in [0.2, 0.25) is 5.91 Å². The predicted octanol–water partition coefficient (Wildman–Crippen LogP) is 0.0135. The van der Waals surface area contributed by atoms with Crippen LogP contribution in [-0.4, -0.2) is 62.3 Å². The molecule has 0 spiro atoms. The fourth-order valence-electron chi connectivity index (χ4n) is 3.10. The Morgan fingerprint density at radius 1 is 1.33 bits per heavy atom. The predicted molar refractivity (Wildman–Crippen MR) is 82.6 cm³/mol. The van der Waals surface area contributed by atoms with Crippen molar-refractivity contribution < 1.29 is 9.90 Å². The Balaban J connectivity index is 1.71. The van der Waals surface area contributed by atoms with Gasteiger partial charge in [-0.2, -0.15) is 0 Å². The molecular formula is C15H22N4O2. The maximum absolute atomic E-state index is 11.8. The van der Waals surface area contributed by atoms with Crippen molar-refractivity contribution in [2.45, 2.75) is 6.04 Å². The van der Waals surface area contributed by atoms with Crippen molar-refractivity contribution in [3.63, 3.8) is 0 Å². The molecule has 3 N–H and O–H groups in total. The second-order valence-electron chi connectivity index (χ2n) is 5.53. The van der Waals surface area contributed by atoms with Crippen LogP contribution in [0.1, 0.15) is 11.6 Å². The Morgan fingerprint density at radius 3 is 2.76 bits per heavy atom. The number of likely N-dealkylation sites (N-methyl/N-ethyl adjacent to an activating group) is 1. The van der Waals surface area contributed by atoms with Crippen LogP contribution in [0.2, 0.25) is 0 Å². The Bertz CT molecular complexity index is 526. The second-order valence-corrected chi connectivity index (χ2v) is 5.53. The molecule has 0 bridgehead atoms. The zero-order valence-corrected chi connectivity index (χ0v) is 12.3. The average Bonchev–Trinajstić information content (AvgIpc) is 2.82. The summed E-state index contributed by atoms with van der Waals surface area (Å²) < 4.78 is 0. The monoisotopic (exact) mass is 290 g/mol. The van der Waals surface area contributed by atoms with Crippen LogP contribution in [0, 0.1) is 0 Å². The fourth-order valence-corrected chi connectivity index (χ4v) is 3.10. The zero-order valence-electron chi connectivity index (χ0n) is 12.3. The molecule has 3 rings (SSSR count). The lowest BCUT2D eigenvalue weighted by molar-refractivity contribution is -0.117. The number of nitrogens with zero attached hydrogens (tertiary/aromatic N) is 2. The van der Waals surface area contributed by atoms with E-state index in [2.05, 4.69) is 32.6 Å². The summed E-state index contributed by atoms with van der Waals surface area (Å²) in [6.07, 6.45) is 0. The van der Waals surface area contributed by atoms with E-state index in [0.29, 0.717) is 0 Å². The molecule has 0 saturated carbocycles. The third-order valence-corrected chi connectivity index (χ3v) is 4.31. The van der Waals surface area contributed by atoms with Crippen LogP contribution < -0.4 is 15.5 Å². The minimum atomic E-state index is -0.240. The lowest BCUT2D eigenvalue weighted by Crippen LogP contribution is -2.47. The van der Waals surface area contributed by atoms with Crippen LogP contribution in [0.5, 0.6) is 0 Å². The lowest BCUT2D eigenvalue weighted by Gasteiger charge is -2.36. The van der Waals surface area contributed by atoms with Crippen molar-refractivity contribution in [3.05, 3.63) is 23.8 Å². The summed E-state index contributed by atoms with van der Waals surface area (Å²) in [5.41, 5.74) is 3.08.